The standard InChI is InChI=1S/C15H15F2N/c16-13-5-1-3-11(7-13)9-15(18)10-12-4-2-6-14(17)8-12/h1-8,15H,9-10,18H2. The van der Waals surface area contributed by atoms with Crippen LogP contribution in [0.4, 0.5) is 8.78 Å². The van der Waals surface area contributed by atoms with Crippen LogP contribution in [0.1, 0.15) is 11.1 Å². The third-order valence-electron chi connectivity index (χ3n) is 2.77. The topological polar surface area (TPSA) is 26.0 Å². The molecule has 3 heteroatoms. The van der Waals surface area contributed by atoms with Gasteiger partial charge in [0.05, 0.1) is 0 Å². The van der Waals surface area contributed by atoms with E-state index in [2.05, 4.69) is 0 Å². The number of hydrogen-bond acceptors (Lipinski definition) is 1. The van der Waals surface area contributed by atoms with Crippen LogP contribution in [0.3, 0.4) is 0 Å². The van der Waals surface area contributed by atoms with E-state index in [1.54, 1.807) is 12.1 Å². The fraction of sp³-hybridized carbons (Fsp3) is 0.200. The second-order valence-electron chi connectivity index (χ2n) is 4.43. The molecule has 2 aromatic carbocycles. The van der Waals surface area contributed by atoms with Crippen LogP contribution >= 0.6 is 0 Å². The first kappa shape index (κ1) is 12.7. The van der Waals surface area contributed by atoms with Gasteiger partial charge in [0.25, 0.3) is 0 Å². The summed E-state index contributed by atoms with van der Waals surface area (Å²) in [5.41, 5.74) is 7.71. The van der Waals surface area contributed by atoms with E-state index >= 15 is 0 Å². The van der Waals surface area contributed by atoms with E-state index in [1.165, 1.54) is 24.3 Å². The molecule has 0 aliphatic heterocycles. The van der Waals surface area contributed by atoms with Crippen molar-refractivity contribution in [2.45, 2.75) is 18.9 Å². The van der Waals surface area contributed by atoms with Gasteiger partial charge in [0, 0.05) is 6.04 Å². The second kappa shape index (κ2) is 5.74. The van der Waals surface area contributed by atoms with Crippen molar-refractivity contribution in [2.75, 3.05) is 0 Å². The van der Waals surface area contributed by atoms with Gasteiger partial charge in [-0.05, 0) is 48.2 Å². The largest absolute Gasteiger partial charge is 0.327 e. The lowest BCUT2D eigenvalue weighted by Gasteiger charge is -2.12. The van der Waals surface area contributed by atoms with Crippen LogP contribution in [-0.4, -0.2) is 6.04 Å². The summed E-state index contributed by atoms with van der Waals surface area (Å²) in [7, 11) is 0. The molecule has 0 radical (unpaired) electrons. The molecule has 0 amide bonds. The number of rotatable bonds is 4. The Morgan fingerprint density at radius 1 is 0.833 bits per heavy atom. The van der Waals surface area contributed by atoms with Gasteiger partial charge in [0.15, 0.2) is 0 Å². The van der Waals surface area contributed by atoms with E-state index in [-0.39, 0.29) is 17.7 Å². The summed E-state index contributed by atoms with van der Waals surface area (Å²) in [5.74, 6) is -0.518. The average Bonchev–Trinajstić information content (AvgIpc) is 2.28. The molecule has 0 fully saturated rings. The molecule has 0 aromatic heterocycles. The van der Waals surface area contributed by atoms with Gasteiger partial charge in [0.1, 0.15) is 11.6 Å². The smallest absolute Gasteiger partial charge is 0.123 e. The molecule has 2 rings (SSSR count). The normalized spacial score (nSPS) is 10.9. The van der Waals surface area contributed by atoms with Crippen molar-refractivity contribution in [1.82, 2.24) is 0 Å². The molecular formula is C15H15F2N. The van der Waals surface area contributed by atoms with Crippen molar-refractivity contribution in [3.8, 4) is 0 Å². The molecule has 1 nitrogen and oxygen atoms in total. The van der Waals surface area contributed by atoms with Crippen molar-refractivity contribution in [3.63, 3.8) is 0 Å². The molecule has 0 unspecified atom stereocenters. The Labute approximate surface area is 105 Å². The third kappa shape index (κ3) is 3.64. The molecule has 0 saturated carbocycles. The van der Waals surface area contributed by atoms with Crippen LogP contribution in [0.15, 0.2) is 48.5 Å². The first-order valence-electron chi connectivity index (χ1n) is 5.88. The Bertz CT molecular complexity index is 478. The number of halogens is 2. The fourth-order valence-electron chi connectivity index (χ4n) is 2.01. The van der Waals surface area contributed by atoms with Crippen molar-refractivity contribution >= 4 is 0 Å². The summed E-state index contributed by atoms with van der Waals surface area (Å²) < 4.78 is 26.0. The van der Waals surface area contributed by atoms with Gasteiger partial charge in [0.2, 0.25) is 0 Å². The zero-order valence-electron chi connectivity index (χ0n) is 9.94. The Morgan fingerprint density at radius 3 is 1.67 bits per heavy atom. The lowest BCUT2D eigenvalue weighted by atomic mass is 10.00. The minimum Gasteiger partial charge on any atom is -0.327 e. The summed E-state index contributed by atoms with van der Waals surface area (Å²) in [4.78, 5) is 0. The van der Waals surface area contributed by atoms with E-state index < -0.39 is 0 Å². The molecule has 94 valence electrons. The summed E-state index contributed by atoms with van der Waals surface area (Å²) in [6.07, 6.45) is 1.16. The maximum absolute atomic E-state index is 13.0. The van der Waals surface area contributed by atoms with Crippen LogP contribution < -0.4 is 5.73 Å². The van der Waals surface area contributed by atoms with Crippen molar-refractivity contribution in [2.24, 2.45) is 5.73 Å². The van der Waals surface area contributed by atoms with E-state index in [0.29, 0.717) is 12.8 Å². The molecule has 0 spiro atoms. The Balaban J connectivity index is 1.98. The molecular weight excluding hydrogens is 232 g/mol. The van der Waals surface area contributed by atoms with Crippen LogP contribution in [0.2, 0.25) is 0 Å². The Morgan fingerprint density at radius 2 is 1.28 bits per heavy atom. The quantitative estimate of drug-likeness (QED) is 0.882. The second-order valence-corrected chi connectivity index (χ2v) is 4.43. The number of nitrogens with two attached hydrogens (primary N) is 1. The third-order valence-corrected chi connectivity index (χ3v) is 2.77. The number of benzene rings is 2. The first-order valence-corrected chi connectivity index (χ1v) is 5.88. The zero-order valence-corrected chi connectivity index (χ0v) is 9.94. The Kier molecular flexibility index (Phi) is 4.05. The minimum atomic E-state index is -0.259. The average molecular weight is 247 g/mol. The maximum Gasteiger partial charge on any atom is 0.123 e. The summed E-state index contributed by atoms with van der Waals surface area (Å²) in [6.45, 7) is 0. The summed E-state index contributed by atoms with van der Waals surface area (Å²) in [6, 6.07) is 12.6. The van der Waals surface area contributed by atoms with Gasteiger partial charge >= 0.3 is 0 Å². The summed E-state index contributed by atoms with van der Waals surface area (Å²) in [5, 5.41) is 0. The van der Waals surface area contributed by atoms with Crippen LogP contribution in [0, 0.1) is 11.6 Å². The molecule has 0 aliphatic carbocycles. The van der Waals surface area contributed by atoms with Crippen molar-refractivity contribution < 1.29 is 8.78 Å². The molecule has 0 heterocycles. The van der Waals surface area contributed by atoms with Gasteiger partial charge < -0.3 is 5.73 Å². The van der Waals surface area contributed by atoms with Gasteiger partial charge in [-0.15, -0.1) is 0 Å². The molecule has 2 N–H and O–H groups in total. The monoisotopic (exact) mass is 247 g/mol. The maximum atomic E-state index is 13.0. The van der Waals surface area contributed by atoms with Gasteiger partial charge in [-0.1, -0.05) is 24.3 Å². The first-order chi connectivity index (χ1) is 8.63. The lowest BCUT2D eigenvalue weighted by molar-refractivity contribution is 0.612. The molecule has 0 saturated heterocycles. The van der Waals surface area contributed by atoms with Gasteiger partial charge in [-0.3, -0.25) is 0 Å². The van der Waals surface area contributed by atoms with Crippen LogP contribution in [0.25, 0.3) is 0 Å². The highest BCUT2D eigenvalue weighted by Crippen LogP contribution is 2.10. The van der Waals surface area contributed by atoms with Crippen molar-refractivity contribution in [1.29, 1.82) is 0 Å². The molecule has 0 atom stereocenters. The zero-order chi connectivity index (χ0) is 13.0. The molecule has 18 heavy (non-hydrogen) atoms. The van der Waals surface area contributed by atoms with E-state index in [9.17, 15) is 8.78 Å². The van der Waals surface area contributed by atoms with E-state index in [4.69, 9.17) is 5.73 Å². The molecule has 0 aliphatic rings. The molecule has 0 bridgehead atoms. The van der Waals surface area contributed by atoms with Gasteiger partial charge in [-0.25, -0.2) is 8.78 Å². The molecule has 2 aromatic rings. The Hall–Kier alpha value is -1.74. The van der Waals surface area contributed by atoms with E-state index in [0.717, 1.165) is 11.1 Å². The van der Waals surface area contributed by atoms with Crippen LogP contribution in [-0.2, 0) is 12.8 Å². The predicted molar refractivity (Wildman–Crippen MR) is 68.2 cm³/mol. The SMILES string of the molecule is NC(Cc1cccc(F)c1)Cc1cccc(F)c1. The van der Waals surface area contributed by atoms with Crippen LogP contribution in [0.5, 0.6) is 0 Å². The summed E-state index contributed by atoms with van der Waals surface area (Å²) >= 11 is 0. The van der Waals surface area contributed by atoms with E-state index in [1.807, 2.05) is 12.1 Å². The lowest BCUT2D eigenvalue weighted by Crippen LogP contribution is -2.25. The highest BCUT2D eigenvalue weighted by molar-refractivity contribution is 5.20. The van der Waals surface area contributed by atoms with Crippen molar-refractivity contribution in [3.05, 3.63) is 71.3 Å². The fourth-order valence-corrected chi connectivity index (χ4v) is 2.01. The van der Waals surface area contributed by atoms with Gasteiger partial charge in [-0.2, -0.15) is 0 Å². The minimum absolute atomic E-state index is 0.145. The highest BCUT2D eigenvalue weighted by atomic mass is 19.1. The predicted octanol–water partition coefficient (Wildman–Crippen LogP) is 3.08. The number of hydrogen-bond donors (Lipinski definition) is 1. The highest BCUT2D eigenvalue weighted by Gasteiger charge is 2.06.